The maximum atomic E-state index is 5.16. The molecule has 19 heavy (non-hydrogen) atoms. The summed E-state index contributed by atoms with van der Waals surface area (Å²) in [7, 11) is 1.67. The molecule has 0 spiro atoms. The molecule has 1 N–H and O–H groups in total. The summed E-state index contributed by atoms with van der Waals surface area (Å²) in [5.74, 6) is 0.856. The number of rotatable bonds is 2. The van der Waals surface area contributed by atoms with Crippen LogP contribution in [0.3, 0.4) is 0 Å². The second kappa shape index (κ2) is 5.33. The van der Waals surface area contributed by atoms with E-state index in [0.29, 0.717) is 0 Å². The molecule has 4 heteroatoms. The van der Waals surface area contributed by atoms with E-state index in [0.717, 1.165) is 27.9 Å². The Morgan fingerprint density at radius 1 is 1.05 bits per heavy atom. The van der Waals surface area contributed by atoms with E-state index in [2.05, 4.69) is 35.3 Å². The van der Waals surface area contributed by atoms with Gasteiger partial charge in [-0.2, -0.15) is 5.10 Å². The Morgan fingerprint density at radius 3 is 2.47 bits per heavy atom. The summed E-state index contributed by atoms with van der Waals surface area (Å²) in [6.45, 7) is 2.09. The van der Waals surface area contributed by atoms with Gasteiger partial charge in [0.05, 0.1) is 18.3 Å². The fourth-order valence-electron chi connectivity index (χ4n) is 2.10. The van der Waals surface area contributed by atoms with Crippen LogP contribution in [0, 0.1) is 6.92 Å². The fourth-order valence-corrected chi connectivity index (χ4v) is 2.10. The third kappa shape index (κ3) is 2.42. The third-order valence-electron chi connectivity index (χ3n) is 3.08. The molecule has 0 radical (unpaired) electrons. The average molecular weight is 275 g/mol. The highest BCUT2D eigenvalue weighted by Crippen LogP contribution is 2.28. The third-order valence-corrected chi connectivity index (χ3v) is 3.08. The van der Waals surface area contributed by atoms with Crippen molar-refractivity contribution >= 4 is 23.3 Å². The predicted octanol–water partition coefficient (Wildman–Crippen LogP) is 3.97. The van der Waals surface area contributed by atoms with Crippen LogP contribution in [0.25, 0.3) is 22.2 Å². The molecule has 0 aliphatic carbocycles. The highest BCUT2D eigenvalue weighted by molar-refractivity contribution is 5.93. The van der Waals surface area contributed by atoms with E-state index in [-0.39, 0.29) is 12.4 Å². The molecule has 0 amide bonds. The van der Waals surface area contributed by atoms with Crippen molar-refractivity contribution in [1.29, 1.82) is 0 Å². The summed E-state index contributed by atoms with van der Waals surface area (Å²) in [5.41, 5.74) is 4.37. The minimum absolute atomic E-state index is 0. The van der Waals surface area contributed by atoms with Crippen molar-refractivity contribution in [3.8, 4) is 17.0 Å². The number of H-pyrrole nitrogens is 1. The molecule has 0 aliphatic rings. The molecule has 3 rings (SSSR count). The predicted molar refractivity (Wildman–Crippen MR) is 80.1 cm³/mol. The van der Waals surface area contributed by atoms with Crippen LogP contribution >= 0.6 is 12.4 Å². The second-order valence-corrected chi connectivity index (χ2v) is 4.35. The maximum Gasteiger partial charge on any atom is 0.118 e. The Bertz CT molecular complexity index is 689. The molecule has 1 heterocycles. The number of hydrogen-bond acceptors (Lipinski definition) is 2. The first kappa shape index (κ1) is 13.4. The Hall–Kier alpha value is -2.00. The summed E-state index contributed by atoms with van der Waals surface area (Å²) in [6, 6.07) is 14.2. The summed E-state index contributed by atoms with van der Waals surface area (Å²) in [6.07, 6.45) is 0. The molecule has 3 aromatic rings. The van der Waals surface area contributed by atoms with Gasteiger partial charge in [0.2, 0.25) is 0 Å². The molecular formula is C15H15ClN2O. The monoisotopic (exact) mass is 274 g/mol. The molecule has 1 aromatic heterocycles. The Kier molecular flexibility index (Phi) is 3.76. The number of benzene rings is 2. The van der Waals surface area contributed by atoms with Crippen molar-refractivity contribution in [2.24, 2.45) is 0 Å². The Labute approximate surface area is 118 Å². The number of nitrogens with one attached hydrogen (secondary N) is 1. The lowest BCUT2D eigenvalue weighted by molar-refractivity contribution is 0.415. The van der Waals surface area contributed by atoms with Crippen LogP contribution in [-0.2, 0) is 0 Å². The first-order chi connectivity index (χ1) is 8.78. The van der Waals surface area contributed by atoms with Gasteiger partial charge in [0.15, 0.2) is 0 Å². The SMILES string of the molecule is COc1ccc(-c2n[nH]c3ccc(C)cc23)cc1.Cl. The minimum Gasteiger partial charge on any atom is -0.497 e. The molecular weight excluding hydrogens is 260 g/mol. The van der Waals surface area contributed by atoms with Gasteiger partial charge in [0.1, 0.15) is 5.75 Å². The van der Waals surface area contributed by atoms with Gasteiger partial charge in [-0.1, -0.05) is 11.6 Å². The van der Waals surface area contributed by atoms with Crippen molar-refractivity contribution in [2.45, 2.75) is 6.92 Å². The topological polar surface area (TPSA) is 37.9 Å². The van der Waals surface area contributed by atoms with Gasteiger partial charge in [0.25, 0.3) is 0 Å². The zero-order chi connectivity index (χ0) is 12.5. The number of aromatic nitrogens is 2. The van der Waals surface area contributed by atoms with Gasteiger partial charge >= 0.3 is 0 Å². The van der Waals surface area contributed by atoms with Crippen LogP contribution in [0.15, 0.2) is 42.5 Å². The zero-order valence-electron chi connectivity index (χ0n) is 10.8. The lowest BCUT2D eigenvalue weighted by Crippen LogP contribution is -1.83. The van der Waals surface area contributed by atoms with Crippen LogP contribution in [0.5, 0.6) is 5.75 Å². The maximum absolute atomic E-state index is 5.16. The first-order valence-corrected chi connectivity index (χ1v) is 5.87. The van der Waals surface area contributed by atoms with Gasteiger partial charge in [0, 0.05) is 10.9 Å². The van der Waals surface area contributed by atoms with Crippen molar-refractivity contribution in [2.75, 3.05) is 7.11 Å². The van der Waals surface area contributed by atoms with E-state index in [1.165, 1.54) is 5.56 Å². The highest BCUT2D eigenvalue weighted by atomic mass is 35.5. The molecule has 0 unspecified atom stereocenters. The molecule has 98 valence electrons. The van der Waals surface area contributed by atoms with Gasteiger partial charge in [-0.05, 0) is 43.3 Å². The molecule has 0 saturated carbocycles. The number of halogens is 1. The largest absolute Gasteiger partial charge is 0.497 e. The van der Waals surface area contributed by atoms with Crippen LogP contribution < -0.4 is 4.74 Å². The fraction of sp³-hybridized carbons (Fsp3) is 0.133. The van der Waals surface area contributed by atoms with Crippen LogP contribution in [0.2, 0.25) is 0 Å². The van der Waals surface area contributed by atoms with E-state index < -0.39 is 0 Å². The molecule has 3 nitrogen and oxygen atoms in total. The highest BCUT2D eigenvalue weighted by Gasteiger charge is 2.08. The minimum atomic E-state index is 0. The van der Waals surface area contributed by atoms with E-state index >= 15 is 0 Å². The zero-order valence-corrected chi connectivity index (χ0v) is 11.6. The van der Waals surface area contributed by atoms with Crippen molar-refractivity contribution in [1.82, 2.24) is 10.2 Å². The summed E-state index contributed by atoms with van der Waals surface area (Å²) in [5, 5.41) is 8.61. The number of aromatic amines is 1. The van der Waals surface area contributed by atoms with Gasteiger partial charge < -0.3 is 4.74 Å². The van der Waals surface area contributed by atoms with E-state index in [1.807, 2.05) is 24.3 Å². The number of hydrogen-bond donors (Lipinski definition) is 1. The quantitative estimate of drug-likeness (QED) is 0.768. The van der Waals surface area contributed by atoms with Gasteiger partial charge in [-0.15, -0.1) is 12.4 Å². The number of aryl methyl sites for hydroxylation is 1. The van der Waals surface area contributed by atoms with Gasteiger partial charge in [-0.3, -0.25) is 5.10 Å². The smallest absolute Gasteiger partial charge is 0.118 e. The molecule has 0 atom stereocenters. The Morgan fingerprint density at radius 2 is 1.79 bits per heavy atom. The lowest BCUT2D eigenvalue weighted by atomic mass is 10.1. The normalized spacial score (nSPS) is 10.2. The summed E-state index contributed by atoms with van der Waals surface area (Å²) >= 11 is 0. The Balaban J connectivity index is 0.00000133. The van der Waals surface area contributed by atoms with Crippen molar-refractivity contribution < 1.29 is 4.74 Å². The second-order valence-electron chi connectivity index (χ2n) is 4.35. The first-order valence-electron chi connectivity index (χ1n) is 5.87. The number of fused-ring (bicyclic) bond motifs is 1. The molecule has 0 fully saturated rings. The lowest BCUT2D eigenvalue weighted by Gasteiger charge is -2.01. The standard InChI is InChI=1S/C15H14N2O.ClH/c1-10-3-8-14-13(9-10)15(17-16-14)11-4-6-12(18-2)7-5-11;/h3-9H,1-2H3,(H,16,17);1H. The van der Waals surface area contributed by atoms with E-state index in [9.17, 15) is 0 Å². The summed E-state index contributed by atoms with van der Waals surface area (Å²) in [4.78, 5) is 0. The van der Waals surface area contributed by atoms with Crippen LogP contribution in [-0.4, -0.2) is 17.3 Å². The average Bonchev–Trinajstić information content (AvgIpc) is 2.82. The molecule has 2 aromatic carbocycles. The van der Waals surface area contributed by atoms with Crippen LogP contribution in [0.1, 0.15) is 5.56 Å². The van der Waals surface area contributed by atoms with E-state index in [1.54, 1.807) is 7.11 Å². The molecule has 0 aliphatic heterocycles. The summed E-state index contributed by atoms with van der Waals surface area (Å²) < 4.78 is 5.16. The van der Waals surface area contributed by atoms with Gasteiger partial charge in [-0.25, -0.2) is 0 Å². The number of ether oxygens (including phenoxy) is 1. The van der Waals surface area contributed by atoms with Crippen molar-refractivity contribution in [3.05, 3.63) is 48.0 Å². The number of methoxy groups -OCH3 is 1. The molecule has 0 bridgehead atoms. The molecule has 0 saturated heterocycles. The van der Waals surface area contributed by atoms with E-state index in [4.69, 9.17) is 4.74 Å². The van der Waals surface area contributed by atoms with Crippen molar-refractivity contribution in [3.63, 3.8) is 0 Å². The number of nitrogens with zero attached hydrogens (tertiary/aromatic N) is 1. The van der Waals surface area contributed by atoms with Crippen LogP contribution in [0.4, 0.5) is 0 Å².